The first-order valence-electron chi connectivity index (χ1n) is 7.00. The lowest BCUT2D eigenvalue weighted by atomic mass is 10.3. The predicted molar refractivity (Wildman–Crippen MR) is 77.2 cm³/mol. The van der Waals surface area contributed by atoms with E-state index in [4.69, 9.17) is 9.47 Å². The van der Waals surface area contributed by atoms with Crippen molar-refractivity contribution in [2.45, 2.75) is 6.92 Å². The van der Waals surface area contributed by atoms with E-state index in [1.807, 2.05) is 23.1 Å². The number of benzene rings is 1. The SMILES string of the molecule is CCN1CCN(C(=O)COc2ccccc2OC)CC1. The highest BCUT2D eigenvalue weighted by molar-refractivity contribution is 5.78. The third-order valence-corrected chi connectivity index (χ3v) is 3.59. The van der Waals surface area contributed by atoms with Gasteiger partial charge in [0, 0.05) is 26.2 Å². The fourth-order valence-electron chi connectivity index (χ4n) is 2.28. The Morgan fingerprint density at radius 3 is 2.40 bits per heavy atom. The van der Waals surface area contributed by atoms with E-state index in [9.17, 15) is 4.79 Å². The van der Waals surface area contributed by atoms with Crippen molar-refractivity contribution in [2.75, 3.05) is 46.4 Å². The lowest BCUT2D eigenvalue weighted by molar-refractivity contribution is -0.135. The van der Waals surface area contributed by atoms with Crippen LogP contribution in [-0.2, 0) is 4.79 Å². The summed E-state index contributed by atoms with van der Waals surface area (Å²) in [6, 6.07) is 7.36. The van der Waals surface area contributed by atoms with Crippen LogP contribution in [0.25, 0.3) is 0 Å². The molecule has 0 spiro atoms. The Morgan fingerprint density at radius 1 is 1.15 bits per heavy atom. The number of ether oxygens (including phenoxy) is 2. The molecule has 1 aromatic rings. The molecule has 0 radical (unpaired) electrons. The number of carbonyl (C=O) groups is 1. The average molecular weight is 278 g/mol. The Balaban J connectivity index is 1.83. The van der Waals surface area contributed by atoms with Crippen LogP contribution in [-0.4, -0.2) is 62.1 Å². The van der Waals surface area contributed by atoms with Crippen molar-refractivity contribution in [1.29, 1.82) is 0 Å². The van der Waals surface area contributed by atoms with Gasteiger partial charge in [-0.25, -0.2) is 0 Å². The number of hydrogen-bond donors (Lipinski definition) is 0. The first-order valence-corrected chi connectivity index (χ1v) is 7.00. The highest BCUT2D eigenvalue weighted by Crippen LogP contribution is 2.25. The molecule has 1 aromatic carbocycles. The number of likely N-dealkylation sites (N-methyl/N-ethyl adjacent to an activating group) is 1. The van der Waals surface area contributed by atoms with Crippen LogP contribution in [0, 0.1) is 0 Å². The first kappa shape index (κ1) is 14.7. The molecule has 0 aromatic heterocycles. The lowest BCUT2D eigenvalue weighted by Gasteiger charge is -2.33. The van der Waals surface area contributed by atoms with Crippen LogP contribution < -0.4 is 9.47 Å². The van der Waals surface area contributed by atoms with Gasteiger partial charge in [0.15, 0.2) is 18.1 Å². The number of carbonyl (C=O) groups excluding carboxylic acids is 1. The lowest BCUT2D eigenvalue weighted by Crippen LogP contribution is -2.49. The number of rotatable bonds is 5. The normalized spacial score (nSPS) is 16.0. The van der Waals surface area contributed by atoms with Crippen LogP contribution in [0.2, 0.25) is 0 Å². The van der Waals surface area contributed by atoms with Crippen LogP contribution in [0.1, 0.15) is 6.92 Å². The van der Waals surface area contributed by atoms with Crippen LogP contribution in [0.5, 0.6) is 11.5 Å². The fraction of sp³-hybridized carbons (Fsp3) is 0.533. The van der Waals surface area contributed by atoms with Crippen molar-refractivity contribution in [3.05, 3.63) is 24.3 Å². The minimum absolute atomic E-state index is 0.0339. The molecule has 0 saturated carbocycles. The minimum atomic E-state index is 0.0339. The molecular weight excluding hydrogens is 256 g/mol. The van der Waals surface area contributed by atoms with Gasteiger partial charge >= 0.3 is 0 Å². The zero-order valence-electron chi connectivity index (χ0n) is 12.2. The van der Waals surface area contributed by atoms with E-state index >= 15 is 0 Å². The van der Waals surface area contributed by atoms with Crippen molar-refractivity contribution in [1.82, 2.24) is 9.80 Å². The van der Waals surface area contributed by atoms with Gasteiger partial charge in [0.25, 0.3) is 5.91 Å². The Hall–Kier alpha value is -1.75. The van der Waals surface area contributed by atoms with E-state index < -0.39 is 0 Å². The van der Waals surface area contributed by atoms with Crippen LogP contribution in [0.15, 0.2) is 24.3 Å². The fourth-order valence-corrected chi connectivity index (χ4v) is 2.28. The highest BCUT2D eigenvalue weighted by atomic mass is 16.5. The van der Waals surface area contributed by atoms with E-state index in [0.29, 0.717) is 11.5 Å². The number of piperazine rings is 1. The van der Waals surface area contributed by atoms with Crippen molar-refractivity contribution in [3.63, 3.8) is 0 Å². The summed E-state index contributed by atoms with van der Waals surface area (Å²) in [6.07, 6.45) is 0. The molecule has 1 aliphatic heterocycles. The van der Waals surface area contributed by atoms with Gasteiger partial charge in [0.05, 0.1) is 7.11 Å². The molecule has 1 aliphatic rings. The third kappa shape index (κ3) is 3.63. The molecule has 1 saturated heterocycles. The van der Waals surface area contributed by atoms with Crippen molar-refractivity contribution in [2.24, 2.45) is 0 Å². The second-order valence-electron chi connectivity index (χ2n) is 4.75. The zero-order valence-corrected chi connectivity index (χ0v) is 12.2. The average Bonchev–Trinajstić information content (AvgIpc) is 2.53. The number of para-hydroxylation sites is 2. The number of amides is 1. The smallest absolute Gasteiger partial charge is 0.260 e. The van der Waals surface area contributed by atoms with E-state index in [1.54, 1.807) is 13.2 Å². The van der Waals surface area contributed by atoms with E-state index in [2.05, 4.69) is 11.8 Å². The maximum atomic E-state index is 12.1. The summed E-state index contributed by atoms with van der Waals surface area (Å²) >= 11 is 0. The summed E-state index contributed by atoms with van der Waals surface area (Å²) in [5.41, 5.74) is 0. The molecule has 1 heterocycles. The van der Waals surface area contributed by atoms with Gasteiger partial charge in [-0.15, -0.1) is 0 Å². The van der Waals surface area contributed by atoms with Gasteiger partial charge in [-0.3, -0.25) is 4.79 Å². The molecule has 0 aliphatic carbocycles. The third-order valence-electron chi connectivity index (χ3n) is 3.59. The van der Waals surface area contributed by atoms with Crippen molar-refractivity contribution < 1.29 is 14.3 Å². The van der Waals surface area contributed by atoms with Gasteiger partial charge in [0.1, 0.15) is 0 Å². The molecule has 1 amide bonds. The summed E-state index contributed by atoms with van der Waals surface area (Å²) in [5, 5.41) is 0. The number of nitrogens with zero attached hydrogens (tertiary/aromatic N) is 2. The molecule has 0 unspecified atom stereocenters. The monoisotopic (exact) mass is 278 g/mol. The minimum Gasteiger partial charge on any atom is -0.493 e. The van der Waals surface area contributed by atoms with Crippen molar-refractivity contribution in [3.8, 4) is 11.5 Å². The van der Waals surface area contributed by atoms with Gasteiger partial charge < -0.3 is 19.3 Å². The second-order valence-corrected chi connectivity index (χ2v) is 4.75. The molecule has 0 bridgehead atoms. The topological polar surface area (TPSA) is 42.0 Å². The molecule has 110 valence electrons. The predicted octanol–water partition coefficient (Wildman–Crippen LogP) is 1.24. The van der Waals surface area contributed by atoms with Crippen molar-refractivity contribution >= 4 is 5.91 Å². The first-order chi connectivity index (χ1) is 9.74. The Labute approximate surface area is 120 Å². The Kier molecular flexibility index (Phi) is 5.24. The largest absolute Gasteiger partial charge is 0.493 e. The van der Waals surface area contributed by atoms with Crippen LogP contribution in [0.4, 0.5) is 0 Å². The van der Waals surface area contributed by atoms with E-state index in [-0.39, 0.29) is 12.5 Å². The highest BCUT2D eigenvalue weighted by Gasteiger charge is 2.20. The molecule has 5 heteroatoms. The molecular formula is C15H22N2O3. The standard InChI is InChI=1S/C15H22N2O3/c1-3-16-8-10-17(11-9-16)15(18)12-20-14-7-5-4-6-13(14)19-2/h4-7H,3,8-12H2,1-2H3. The quantitative estimate of drug-likeness (QED) is 0.812. The van der Waals surface area contributed by atoms with Gasteiger partial charge in [-0.2, -0.15) is 0 Å². The molecule has 5 nitrogen and oxygen atoms in total. The number of hydrogen-bond acceptors (Lipinski definition) is 4. The summed E-state index contributed by atoms with van der Waals surface area (Å²) in [4.78, 5) is 16.3. The van der Waals surface area contributed by atoms with E-state index in [1.165, 1.54) is 0 Å². The molecule has 1 fully saturated rings. The van der Waals surface area contributed by atoms with Gasteiger partial charge in [-0.05, 0) is 18.7 Å². The summed E-state index contributed by atoms with van der Waals surface area (Å²) in [5.74, 6) is 1.29. The maximum absolute atomic E-state index is 12.1. The van der Waals surface area contributed by atoms with Crippen LogP contribution >= 0.6 is 0 Å². The van der Waals surface area contributed by atoms with Gasteiger partial charge in [0.2, 0.25) is 0 Å². The Bertz CT molecular complexity index is 442. The molecule has 20 heavy (non-hydrogen) atoms. The van der Waals surface area contributed by atoms with Gasteiger partial charge in [-0.1, -0.05) is 19.1 Å². The molecule has 2 rings (SSSR count). The number of methoxy groups -OCH3 is 1. The van der Waals surface area contributed by atoms with E-state index in [0.717, 1.165) is 32.7 Å². The summed E-state index contributed by atoms with van der Waals surface area (Å²) < 4.78 is 10.8. The maximum Gasteiger partial charge on any atom is 0.260 e. The molecule has 0 N–H and O–H groups in total. The Morgan fingerprint density at radius 2 is 1.80 bits per heavy atom. The summed E-state index contributed by atoms with van der Waals surface area (Å²) in [7, 11) is 1.59. The molecule has 0 atom stereocenters. The zero-order chi connectivity index (χ0) is 14.4. The summed E-state index contributed by atoms with van der Waals surface area (Å²) in [6.45, 7) is 6.69. The van der Waals surface area contributed by atoms with Crippen LogP contribution in [0.3, 0.4) is 0 Å². The second kappa shape index (κ2) is 7.14.